The second kappa shape index (κ2) is 6.73. The molecule has 0 N–H and O–H groups in total. The van der Waals surface area contributed by atoms with Crippen LogP contribution >= 0.6 is 0 Å². The van der Waals surface area contributed by atoms with Crippen molar-refractivity contribution >= 4 is 11.8 Å². The minimum atomic E-state index is -0.963. The van der Waals surface area contributed by atoms with Gasteiger partial charge in [-0.25, -0.2) is 0 Å². The molecule has 25 heavy (non-hydrogen) atoms. The lowest BCUT2D eigenvalue weighted by atomic mass is 9.96. The van der Waals surface area contributed by atoms with Crippen LogP contribution in [0.25, 0.3) is 0 Å². The maximum Gasteiger partial charge on any atom is 0.312 e. The summed E-state index contributed by atoms with van der Waals surface area (Å²) in [5.41, 5.74) is 0.287. The van der Waals surface area contributed by atoms with E-state index in [-0.39, 0.29) is 11.9 Å². The first kappa shape index (κ1) is 17.8. The Kier molecular flexibility index (Phi) is 4.80. The van der Waals surface area contributed by atoms with E-state index in [1.54, 1.807) is 26.8 Å². The maximum atomic E-state index is 12.9. The first-order valence-corrected chi connectivity index (χ1v) is 8.56. The lowest BCUT2D eigenvalue weighted by molar-refractivity contribution is -0.193. The van der Waals surface area contributed by atoms with Crippen LogP contribution in [0.3, 0.4) is 0 Å². The predicted octanol–water partition coefficient (Wildman–Crippen LogP) is 3.00. The highest BCUT2D eigenvalue weighted by atomic mass is 16.6. The average molecular weight is 344 g/mol. The van der Waals surface area contributed by atoms with Crippen molar-refractivity contribution < 1.29 is 23.8 Å². The summed E-state index contributed by atoms with van der Waals surface area (Å²) in [6.45, 7) is 7.15. The van der Waals surface area contributed by atoms with E-state index in [1.165, 1.54) is 0 Å². The largest absolute Gasteiger partial charge is 0.451 e. The molecule has 0 aromatic heterocycles. The van der Waals surface area contributed by atoms with Gasteiger partial charge in [0.15, 0.2) is 12.2 Å². The number of fused-ring (bicyclic) bond motifs is 2. The number of hydrogen-bond donors (Lipinski definition) is 0. The van der Waals surface area contributed by atoms with Gasteiger partial charge in [0.1, 0.15) is 12.2 Å². The first-order chi connectivity index (χ1) is 11.8. The molecule has 2 bridgehead atoms. The lowest BCUT2D eigenvalue weighted by Gasteiger charge is -2.36. The minimum Gasteiger partial charge on any atom is -0.451 e. The topological polar surface area (TPSA) is 61.8 Å². The number of carbonyl (C=O) groups excluding carboxylic acids is 2. The lowest BCUT2D eigenvalue weighted by Crippen LogP contribution is -2.54. The van der Waals surface area contributed by atoms with E-state index in [0.717, 1.165) is 5.56 Å². The Bertz CT molecular complexity index is 673. The van der Waals surface area contributed by atoms with Crippen molar-refractivity contribution in [1.82, 2.24) is 0 Å². The van der Waals surface area contributed by atoms with E-state index in [9.17, 15) is 9.59 Å². The standard InChI is InChI=1S/C20H24O5/c1-12(13-8-6-5-7-9-13)23-17-14-10-11-15(24-14)18(16(17)21)25-19(22)20(2,3)4/h5-12,14-15,17-18H,1-4H3/t12-,14+,15-,17-,18-/m0/s1. The van der Waals surface area contributed by atoms with Crippen LogP contribution in [0.15, 0.2) is 42.5 Å². The number of esters is 1. The molecule has 2 aliphatic rings. The van der Waals surface area contributed by atoms with Gasteiger partial charge < -0.3 is 14.2 Å². The first-order valence-electron chi connectivity index (χ1n) is 8.56. The highest BCUT2D eigenvalue weighted by Gasteiger charge is 2.50. The number of ether oxygens (including phenoxy) is 3. The van der Waals surface area contributed by atoms with Gasteiger partial charge in [-0.15, -0.1) is 0 Å². The third-order valence-electron chi connectivity index (χ3n) is 4.43. The van der Waals surface area contributed by atoms with Gasteiger partial charge >= 0.3 is 5.97 Å². The molecule has 3 rings (SSSR count). The molecule has 0 aliphatic carbocycles. The van der Waals surface area contributed by atoms with E-state index < -0.39 is 35.8 Å². The number of ketones is 1. The van der Waals surface area contributed by atoms with Crippen molar-refractivity contribution in [2.75, 3.05) is 0 Å². The van der Waals surface area contributed by atoms with Crippen LogP contribution in [0, 0.1) is 5.41 Å². The molecule has 2 aliphatic heterocycles. The molecular formula is C20H24O5. The smallest absolute Gasteiger partial charge is 0.312 e. The van der Waals surface area contributed by atoms with Gasteiger partial charge in [0.2, 0.25) is 5.78 Å². The molecule has 1 aromatic rings. The van der Waals surface area contributed by atoms with E-state index in [0.29, 0.717) is 0 Å². The zero-order valence-corrected chi connectivity index (χ0v) is 15.0. The molecule has 0 spiro atoms. The Labute approximate surface area is 148 Å². The molecule has 5 atom stereocenters. The van der Waals surface area contributed by atoms with Crippen LogP contribution in [-0.2, 0) is 23.8 Å². The van der Waals surface area contributed by atoms with Crippen molar-refractivity contribution in [1.29, 1.82) is 0 Å². The molecule has 0 amide bonds. The summed E-state index contributed by atoms with van der Waals surface area (Å²) < 4.78 is 17.3. The summed E-state index contributed by atoms with van der Waals surface area (Å²) >= 11 is 0. The normalized spacial score (nSPS) is 29.5. The molecule has 0 saturated carbocycles. The van der Waals surface area contributed by atoms with Gasteiger partial charge in [-0.05, 0) is 33.3 Å². The monoisotopic (exact) mass is 344 g/mol. The SMILES string of the molecule is C[C@H](O[C@@H]1C(=O)[C@@H](OC(=O)C(C)(C)C)[C@@H]2C=C[C@H]1O2)c1ccccc1. The van der Waals surface area contributed by atoms with E-state index in [1.807, 2.05) is 43.3 Å². The maximum absolute atomic E-state index is 12.9. The summed E-state index contributed by atoms with van der Waals surface area (Å²) in [4.78, 5) is 25.1. The van der Waals surface area contributed by atoms with Gasteiger partial charge in [0.25, 0.3) is 0 Å². The molecule has 5 nitrogen and oxygen atoms in total. The third-order valence-corrected chi connectivity index (χ3v) is 4.43. The zero-order valence-electron chi connectivity index (χ0n) is 15.0. The third kappa shape index (κ3) is 3.67. The fourth-order valence-corrected chi connectivity index (χ4v) is 2.91. The Morgan fingerprint density at radius 1 is 1.08 bits per heavy atom. The molecule has 1 aromatic carbocycles. The molecule has 2 heterocycles. The Morgan fingerprint density at radius 3 is 2.28 bits per heavy atom. The summed E-state index contributed by atoms with van der Waals surface area (Å²) in [6, 6.07) is 9.67. The second-order valence-electron chi connectivity index (χ2n) is 7.54. The van der Waals surface area contributed by atoms with Crippen LogP contribution < -0.4 is 0 Å². The van der Waals surface area contributed by atoms with Crippen molar-refractivity contribution in [3.63, 3.8) is 0 Å². The fourth-order valence-electron chi connectivity index (χ4n) is 2.91. The summed E-state index contributed by atoms with van der Waals surface area (Å²) in [6.07, 6.45) is 0.597. The number of hydrogen-bond acceptors (Lipinski definition) is 5. The molecular weight excluding hydrogens is 320 g/mol. The van der Waals surface area contributed by atoms with Gasteiger partial charge in [-0.3, -0.25) is 9.59 Å². The average Bonchev–Trinajstić information content (AvgIpc) is 3.01. The van der Waals surface area contributed by atoms with E-state index >= 15 is 0 Å². The Balaban J connectivity index is 1.75. The number of rotatable bonds is 4. The molecule has 5 heteroatoms. The van der Waals surface area contributed by atoms with Crippen LogP contribution in [0.4, 0.5) is 0 Å². The van der Waals surface area contributed by atoms with Crippen LogP contribution in [-0.4, -0.2) is 36.2 Å². The van der Waals surface area contributed by atoms with Gasteiger partial charge in [0.05, 0.1) is 11.5 Å². The minimum absolute atomic E-state index is 0.244. The van der Waals surface area contributed by atoms with Crippen molar-refractivity contribution in [3.05, 3.63) is 48.0 Å². The van der Waals surface area contributed by atoms with Gasteiger partial charge in [0, 0.05) is 0 Å². The highest BCUT2D eigenvalue weighted by Crippen LogP contribution is 2.33. The second-order valence-corrected chi connectivity index (χ2v) is 7.54. The van der Waals surface area contributed by atoms with E-state index in [2.05, 4.69) is 0 Å². The Morgan fingerprint density at radius 2 is 1.68 bits per heavy atom. The van der Waals surface area contributed by atoms with Crippen LogP contribution in [0.5, 0.6) is 0 Å². The predicted molar refractivity (Wildman–Crippen MR) is 91.9 cm³/mol. The van der Waals surface area contributed by atoms with Crippen LogP contribution in [0.1, 0.15) is 39.4 Å². The van der Waals surface area contributed by atoms with Crippen molar-refractivity contribution in [2.24, 2.45) is 5.41 Å². The molecule has 134 valence electrons. The number of benzene rings is 1. The van der Waals surface area contributed by atoms with Crippen molar-refractivity contribution in [2.45, 2.75) is 58.2 Å². The van der Waals surface area contributed by atoms with Crippen molar-refractivity contribution in [3.8, 4) is 0 Å². The molecule has 1 saturated heterocycles. The molecule has 1 fully saturated rings. The summed E-state index contributed by atoms with van der Waals surface area (Å²) in [5.74, 6) is -0.672. The molecule has 0 unspecified atom stereocenters. The zero-order chi connectivity index (χ0) is 18.2. The Hall–Kier alpha value is -1.98. The summed E-state index contributed by atoms with van der Waals surface area (Å²) in [7, 11) is 0. The fraction of sp³-hybridized carbons (Fsp3) is 0.500. The van der Waals surface area contributed by atoms with Crippen LogP contribution in [0.2, 0.25) is 0 Å². The van der Waals surface area contributed by atoms with Gasteiger partial charge in [-0.2, -0.15) is 0 Å². The number of carbonyl (C=O) groups is 2. The van der Waals surface area contributed by atoms with E-state index in [4.69, 9.17) is 14.2 Å². The highest BCUT2D eigenvalue weighted by molar-refractivity contribution is 5.92. The summed E-state index contributed by atoms with van der Waals surface area (Å²) in [5, 5.41) is 0. The quantitative estimate of drug-likeness (QED) is 0.621. The number of Topliss-reactive ketones (excluding diaryl/α,β-unsaturated/α-hetero) is 1. The molecule has 0 radical (unpaired) electrons. The van der Waals surface area contributed by atoms with Gasteiger partial charge in [-0.1, -0.05) is 42.5 Å².